The molecule has 0 atom stereocenters. The highest BCUT2D eigenvalue weighted by atomic mass is 79.9. The van der Waals surface area contributed by atoms with E-state index in [1.807, 2.05) is 19.9 Å². The Bertz CT molecular complexity index is 403. The highest BCUT2D eigenvalue weighted by molar-refractivity contribution is 9.11. The first-order valence-electron chi connectivity index (χ1n) is 5.05. The van der Waals surface area contributed by atoms with Crippen molar-refractivity contribution in [1.29, 1.82) is 0 Å². The molecule has 1 amide bonds. The topological polar surface area (TPSA) is 46.3 Å². The van der Waals surface area contributed by atoms with Gasteiger partial charge in [0, 0.05) is 22.0 Å². The van der Waals surface area contributed by atoms with Gasteiger partial charge in [-0.1, -0.05) is 15.9 Å². The van der Waals surface area contributed by atoms with Crippen LogP contribution < -0.4 is 5.73 Å². The lowest BCUT2D eigenvalue weighted by molar-refractivity contribution is 0.0774. The van der Waals surface area contributed by atoms with Crippen LogP contribution in [0, 0.1) is 0 Å². The minimum absolute atomic E-state index is 0.0375. The largest absolute Gasteiger partial charge is 0.397 e. The van der Waals surface area contributed by atoms with E-state index in [2.05, 4.69) is 31.9 Å². The summed E-state index contributed by atoms with van der Waals surface area (Å²) in [6, 6.07) is 3.58. The fourth-order valence-corrected chi connectivity index (χ4v) is 2.67. The summed E-state index contributed by atoms with van der Waals surface area (Å²) in [6.45, 7) is 5.26. The molecule has 0 saturated carbocycles. The van der Waals surface area contributed by atoms with E-state index in [9.17, 15) is 4.79 Å². The lowest BCUT2D eigenvalue weighted by Gasteiger charge is -2.20. The monoisotopic (exact) mass is 348 g/mol. The molecule has 1 aromatic rings. The van der Waals surface area contributed by atoms with Crippen LogP contribution in [0.25, 0.3) is 0 Å². The molecular formula is C11H14Br2N2O. The van der Waals surface area contributed by atoms with E-state index in [1.165, 1.54) is 0 Å². The van der Waals surface area contributed by atoms with Crippen molar-refractivity contribution >= 4 is 43.5 Å². The molecule has 0 aliphatic carbocycles. The van der Waals surface area contributed by atoms with Crippen molar-refractivity contribution in [2.45, 2.75) is 13.8 Å². The molecule has 0 radical (unpaired) electrons. The van der Waals surface area contributed by atoms with E-state index in [4.69, 9.17) is 5.73 Å². The number of nitrogens with zero attached hydrogens (tertiary/aromatic N) is 1. The van der Waals surface area contributed by atoms with Crippen molar-refractivity contribution in [3.05, 3.63) is 26.6 Å². The van der Waals surface area contributed by atoms with Crippen LogP contribution in [0.3, 0.4) is 0 Å². The lowest BCUT2D eigenvalue weighted by Crippen LogP contribution is -2.31. The summed E-state index contributed by atoms with van der Waals surface area (Å²) in [7, 11) is 0. The van der Waals surface area contributed by atoms with Gasteiger partial charge in [-0.2, -0.15) is 0 Å². The Labute approximate surface area is 112 Å². The van der Waals surface area contributed by atoms with Crippen molar-refractivity contribution in [3.63, 3.8) is 0 Å². The molecule has 1 aromatic carbocycles. The second kappa shape index (κ2) is 5.68. The zero-order chi connectivity index (χ0) is 12.3. The maximum absolute atomic E-state index is 12.1. The molecule has 5 heteroatoms. The molecule has 0 bridgehead atoms. The predicted molar refractivity (Wildman–Crippen MR) is 73.5 cm³/mol. The van der Waals surface area contributed by atoms with Crippen molar-refractivity contribution in [1.82, 2.24) is 4.90 Å². The molecule has 0 heterocycles. The second-order valence-electron chi connectivity index (χ2n) is 3.33. The summed E-state index contributed by atoms with van der Waals surface area (Å²) in [5.74, 6) is -0.0375. The number of carbonyl (C=O) groups is 1. The number of amides is 1. The maximum Gasteiger partial charge on any atom is 0.256 e. The van der Waals surface area contributed by atoms with Gasteiger partial charge in [-0.05, 0) is 41.9 Å². The van der Waals surface area contributed by atoms with E-state index in [-0.39, 0.29) is 5.91 Å². The highest BCUT2D eigenvalue weighted by Crippen LogP contribution is 2.29. The first kappa shape index (κ1) is 13.5. The van der Waals surface area contributed by atoms with Crippen LogP contribution in [0.1, 0.15) is 24.2 Å². The molecule has 1 rings (SSSR count). The van der Waals surface area contributed by atoms with Gasteiger partial charge in [0.2, 0.25) is 0 Å². The van der Waals surface area contributed by atoms with Crippen LogP contribution in [0.2, 0.25) is 0 Å². The summed E-state index contributed by atoms with van der Waals surface area (Å²) < 4.78 is 1.57. The molecule has 0 aliphatic heterocycles. The third-order valence-corrected chi connectivity index (χ3v) is 3.49. The third kappa shape index (κ3) is 2.77. The standard InChI is InChI=1S/C11H14Br2N2O/c1-3-15(4-2)11(16)8-5-7(12)6-9(13)10(8)14/h5-6H,3-4,14H2,1-2H3. The summed E-state index contributed by atoms with van der Waals surface area (Å²) in [5.41, 5.74) is 6.90. The number of anilines is 1. The fourth-order valence-electron chi connectivity index (χ4n) is 1.44. The van der Waals surface area contributed by atoms with E-state index >= 15 is 0 Å². The molecule has 0 saturated heterocycles. The molecule has 16 heavy (non-hydrogen) atoms. The van der Waals surface area contributed by atoms with Gasteiger partial charge >= 0.3 is 0 Å². The van der Waals surface area contributed by atoms with Gasteiger partial charge < -0.3 is 10.6 Å². The van der Waals surface area contributed by atoms with Crippen LogP contribution in [-0.4, -0.2) is 23.9 Å². The highest BCUT2D eigenvalue weighted by Gasteiger charge is 2.17. The number of carbonyl (C=O) groups excluding carboxylic acids is 1. The average molecular weight is 350 g/mol. The Balaban J connectivity index is 3.17. The van der Waals surface area contributed by atoms with Crippen LogP contribution in [0.5, 0.6) is 0 Å². The van der Waals surface area contributed by atoms with Gasteiger partial charge in [0.15, 0.2) is 0 Å². The zero-order valence-corrected chi connectivity index (χ0v) is 12.4. The van der Waals surface area contributed by atoms with Crippen LogP contribution >= 0.6 is 31.9 Å². The Kier molecular flexibility index (Phi) is 4.80. The maximum atomic E-state index is 12.1. The number of hydrogen-bond donors (Lipinski definition) is 1. The zero-order valence-electron chi connectivity index (χ0n) is 9.26. The molecule has 0 fully saturated rings. The quantitative estimate of drug-likeness (QED) is 0.851. The number of hydrogen-bond acceptors (Lipinski definition) is 2. The third-order valence-electron chi connectivity index (χ3n) is 2.38. The fraction of sp³-hybridized carbons (Fsp3) is 0.364. The predicted octanol–water partition coefficient (Wildman–Crippen LogP) is 3.28. The molecule has 0 aliphatic rings. The Hall–Kier alpha value is -0.550. The van der Waals surface area contributed by atoms with Gasteiger partial charge in [-0.25, -0.2) is 0 Å². The number of nitrogen functional groups attached to an aromatic ring is 1. The summed E-state index contributed by atoms with van der Waals surface area (Å²) in [5, 5.41) is 0. The van der Waals surface area contributed by atoms with Crippen molar-refractivity contribution in [2.75, 3.05) is 18.8 Å². The van der Waals surface area contributed by atoms with Crippen LogP contribution in [0.4, 0.5) is 5.69 Å². The molecule has 2 N–H and O–H groups in total. The molecular weight excluding hydrogens is 336 g/mol. The van der Waals surface area contributed by atoms with E-state index in [1.54, 1.807) is 11.0 Å². The summed E-state index contributed by atoms with van der Waals surface area (Å²) in [6.07, 6.45) is 0. The van der Waals surface area contributed by atoms with Gasteiger partial charge in [0.25, 0.3) is 5.91 Å². The number of rotatable bonds is 3. The molecule has 0 unspecified atom stereocenters. The van der Waals surface area contributed by atoms with Crippen molar-refractivity contribution < 1.29 is 4.79 Å². The molecule has 0 aromatic heterocycles. The summed E-state index contributed by atoms with van der Waals surface area (Å²) >= 11 is 6.68. The van der Waals surface area contributed by atoms with Gasteiger partial charge in [0.05, 0.1) is 11.3 Å². The van der Waals surface area contributed by atoms with E-state index < -0.39 is 0 Å². The minimum atomic E-state index is -0.0375. The van der Waals surface area contributed by atoms with Gasteiger partial charge in [0.1, 0.15) is 0 Å². The lowest BCUT2D eigenvalue weighted by atomic mass is 10.1. The van der Waals surface area contributed by atoms with Crippen LogP contribution in [-0.2, 0) is 0 Å². The summed E-state index contributed by atoms with van der Waals surface area (Å²) in [4.78, 5) is 13.9. The molecule has 3 nitrogen and oxygen atoms in total. The Morgan fingerprint density at radius 3 is 2.38 bits per heavy atom. The average Bonchev–Trinajstić information content (AvgIpc) is 2.24. The minimum Gasteiger partial charge on any atom is -0.397 e. The second-order valence-corrected chi connectivity index (χ2v) is 5.10. The number of halogens is 2. The Morgan fingerprint density at radius 2 is 1.88 bits per heavy atom. The Morgan fingerprint density at radius 1 is 1.31 bits per heavy atom. The first-order valence-corrected chi connectivity index (χ1v) is 6.63. The van der Waals surface area contributed by atoms with E-state index in [0.29, 0.717) is 24.3 Å². The van der Waals surface area contributed by atoms with Crippen molar-refractivity contribution in [3.8, 4) is 0 Å². The van der Waals surface area contributed by atoms with Crippen LogP contribution in [0.15, 0.2) is 21.1 Å². The molecule has 0 spiro atoms. The number of nitrogens with two attached hydrogens (primary N) is 1. The number of benzene rings is 1. The normalized spacial score (nSPS) is 10.2. The SMILES string of the molecule is CCN(CC)C(=O)c1cc(Br)cc(Br)c1N. The smallest absolute Gasteiger partial charge is 0.256 e. The first-order chi connectivity index (χ1) is 7.51. The van der Waals surface area contributed by atoms with E-state index in [0.717, 1.165) is 8.95 Å². The molecule has 88 valence electrons. The van der Waals surface area contributed by atoms with Gasteiger partial charge in [-0.3, -0.25) is 4.79 Å². The van der Waals surface area contributed by atoms with Crippen molar-refractivity contribution in [2.24, 2.45) is 0 Å². The van der Waals surface area contributed by atoms with Gasteiger partial charge in [-0.15, -0.1) is 0 Å².